The van der Waals surface area contributed by atoms with Gasteiger partial charge in [0, 0.05) is 25.0 Å². The molecule has 0 saturated carbocycles. The molecule has 0 fully saturated rings. The minimum absolute atomic E-state index is 0.242. The number of aromatic nitrogens is 1. The van der Waals surface area contributed by atoms with Gasteiger partial charge in [0.15, 0.2) is 0 Å². The van der Waals surface area contributed by atoms with Crippen LogP contribution in [0.4, 0.5) is 0 Å². The fourth-order valence-electron chi connectivity index (χ4n) is 1.13. The van der Waals surface area contributed by atoms with Crippen LogP contribution in [0, 0.1) is 6.92 Å². The molecule has 0 aliphatic rings. The van der Waals surface area contributed by atoms with Gasteiger partial charge in [0.2, 0.25) is 0 Å². The van der Waals surface area contributed by atoms with Gasteiger partial charge in [-0.05, 0) is 25.0 Å². The van der Waals surface area contributed by atoms with Crippen molar-refractivity contribution in [2.75, 3.05) is 6.54 Å². The largest absolute Gasteiger partial charge is 0.392 e. The summed E-state index contributed by atoms with van der Waals surface area (Å²) >= 11 is 0. The van der Waals surface area contributed by atoms with Gasteiger partial charge in [0.25, 0.3) is 0 Å². The van der Waals surface area contributed by atoms with E-state index in [1.807, 2.05) is 32.2 Å². The maximum absolute atomic E-state index is 9.30. The van der Waals surface area contributed by atoms with Crippen LogP contribution >= 0.6 is 0 Å². The Labute approximate surface area is 85.2 Å². The molecule has 0 aromatic carbocycles. The Kier molecular flexibility index (Phi) is 4.56. The molecule has 0 aliphatic heterocycles. The van der Waals surface area contributed by atoms with Crippen LogP contribution in [-0.2, 0) is 6.54 Å². The molecular formula is C11H18N2O. The number of hydrogen-bond acceptors (Lipinski definition) is 3. The van der Waals surface area contributed by atoms with Crippen LogP contribution in [0.15, 0.2) is 18.3 Å². The van der Waals surface area contributed by atoms with Gasteiger partial charge in [-0.25, -0.2) is 0 Å². The second-order valence-electron chi connectivity index (χ2n) is 3.50. The van der Waals surface area contributed by atoms with E-state index < -0.39 is 0 Å². The van der Waals surface area contributed by atoms with Gasteiger partial charge in [0.05, 0.1) is 6.10 Å². The van der Waals surface area contributed by atoms with E-state index in [2.05, 4.69) is 10.3 Å². The van der Waals surface area contributed by atoms with Crippen LogP contribution in [0.2, 0.25) is 0 Å². The molecule has 1 atom stereocenters. The van der Waals surface area contributed by atoms with Crippen molar-refractivity contribution in [2.45, 2.75) is 32.9 Å². The molecule has 0 spiro atoms. The lowest BCUT2D eigenvalue weighted by Crippen LogP contribution is -2.25. The van der Waals surface area contributed by atoms with E-state index in [1.54, 1.807) is 0 Å². The number of aliphatic hydroxyl groups is 1. The average molecular weight is 194 g/mol. The first-order valence-electron chi connectivity index (χ1n) is 5.02. The molecule has 1 aromatic rings. The van der Waals surface area contributed by atoms with E-state index in [9.17, 15) is 5.11 Å². The summed E-state index contributed by atoms with van der Waals surface area (Å²) in [4.78, 5) is 4.19. The van der Waals surface area contributed by atoms with Crippen molar-refractivity contribution < 1.29 is 5.11 Å². The lowest BCUT2D eigenvalue weighted by atomic mass is 10.2. The zero-order valence-corrected chi connectivity index (χ0v) is 8.83. The van der Waals surface area contributed by atoms with E-state index in [-0.39, 0.29) is 6.10 Å². The highest BCUT2D eigenvalue weighted by atomic mass is 16.3. The van der Waals surface area contributed by atoms with Crippen molar-refractivity contribution in [3.05, 3.63) is 29.6 Å². The molecular weight excluding hydrogens is 176 g/mol. The van der Waals surface area contributed by atoms with Gasteiger partial charge >= 0.3 is 0 Å². The Bertz CT molecular complexity index is 258. The molecule has 0 aliphatic carbocycles. The van der Waals surface area contributed by atoms with Crippen molar-refractivity contribution >= 4 is 0 Å². The Morgan fingerprint density at radius 3 is 2.86 bits per heavy atom. The summed E-state index contributed by atoms with van der Waals surface area (Å²) in [5.74, 6) is 0. The average Bonchev–Trinajstić information content (AvgIpc) is 2.21. The van der Waals surface area contributed by atoms with Crippen molar-refractivity contribution in [3.63, 3.8) is 0 Å². The van der Waals surface area contributed by atoms with Gasteiger partial charge in [-0.2, -0.15) is 0 Å². The molecule has 0 bridgehead atoms. The summed E-state index contributed by atoms with van der Waals surface area (Å²) in [5.41, 5.74) is 2.18. The van der Waals surface area contributed by atoms with Gasteiger partial charge in [-0.1, -0.05) is 13.0 Å². The quantitative estimate of drug-likeness (QED) is 0.741. The van der Waals surface area contributed by atoms with Gasteiger partial charge in [0.1, 0.15) is 0 Å². The summed E-state index contributed by atoms with van der Waals surface area (Å²) in [5, 5.41) is 12.5. The van der Waals surface area contributed by atoms with Crippen LogP contribution in [-0.4, -0.2) is 22.7 Å². The Morgan fingerprint density at radius 2 is 2.29 bits per heavy atom. The topological polar surface area (TPSA) is 45.1 Å². The molecule has 0 amide bonds. The number of rotatable bonds is 5. The van der Waals surface area contributed by atoms with Crippen molar-refractivity contribution in [1.82, 2.24) is 10.3 Å². The molecule has 78 valence electrons. The fraction of sp³-hybridized carbons (Fsp3) is 0.545. The third-order valence-corrected chi connectivity index (χ3v) is 2.15. The summed E-state index contributed by atoms with van der Waals surface area (Å²) < 4.78 is 0. The summed E-state index contributed by atoms with van der Waals surface area (Å²) in [6.07, 6.45) is 2.41. The van der Waals surface area contributed by atoms with Crippen LogP contribution < -0.4 is 5.32 Å². The molecule has 1 heterocycles. The number of hydrogen-bond donors (Lipinski definition) is 2. The Hall–Kier alpha value is -0.930. The molecule has 14 heavy (non-hydrogen) atoms. The molecule has 3 nitrogen and oxygen atoms in total. The predicted octanol–water partition coefficient (Wildman–Crippen LogP) is 1.25. The summed E-state index contributed by atoms with van der Waals surface area (Å²) in [6.45, 7) is 5.35. The third kappa shape index (κ3) is 3.85. The maximum Gasteiger partial charge on any atom is 0.0662 e. The number of aliphatic hydroxyl groups excluding tert-OH is 1. The monoisotopic (exact) mass is 194 g/mol. The Balaban J connectivity index is 2.28. The van der Waals surface area contributed by atoms with E-state index in [1.165, 1.54) is 0 Å². The molecule has 3 heteroatoms. The van der Waals surface area contributed by atoms with E-state index in [0.29, 0.717) is 6.54 Å². The predicted molar refractivity (Wildman–Crippen MR) is 57.0 cm³/mol. The fourth-order valence-corrected chi connectivity index (χ4v) is 1.13. The van der Waals surface area contributed by atoms with Crippen LogP contribution in [0.1, 0.15) is 24.6 Å². The second-order valence-corrected chi connectivity index (χ2v) is 3.50. The molecule has 1 aromatic heterocycles. The first-order chi connectivity index (χ1) is 6.72. The minimum atomic E-state index is -0.242. The third-order valence-electron chi connectivity index (χ3n) is 2.15. The highest BCUT2D eigenvalue weighted by Crippen LogP contribution is 1.98. The first-order valence-corrected chi connectivity index (χ1v) is 5.02. The lowest BCUT2D eigenvalue weighted by Gasteiger charge is -2.08. The van der Waals surface area contributed by atoms with Crippen LogP contribution in [0.25, 0.3) is 0 Å². The Morgan fingerprint density at radius 1 is 1.50 bits per heavy atom. The SMILES string of the molecule is CCC(O)CNCc1ccc(C)nc1. The van der Waals surface area contributed by atoms with Crippen molar-refractivity contribution in [2.24, 2.45) is 0 Å². The summed E-state index contributed by atoms with van der Waals surface area (Å²) in [7, 11) is 0. The summed E-state index contributed by atoms with van der Waals surface area (Å²) in [6, 6.07) is 4.04. The zero-order valence-electron chi connectivity index (χ0n) is 8.83. The molecule has 0 radical (unpaired) electrons. The molecule has 1 unspecified atom stereocenters. The lowest BCUT2D eigenvalue weighted by molar-refractivity contribution is 0.167. The van der Waals surface area contributed by atoms with Gasteiger partial charge in [-0.15, -0.1) is 0 Å². The van der Waals surface area contributed by atoms with Crippen molar-refractivity contribution in [1.29, 1.82) is 0 Å². The van der Waals surface area contributed by atoms with E-state index in [4.69, 9.17) is 0 Å². The minimum Gasteiger partial charge on any atom is -0.392 e. The van der Waals surface area contributed by atoms with Crippen molar-refractivity contribution in [3.8, 4) is 0 Å². The molecule has 1 rings (SSSR count). The second kappa shape index (κ2) is 5.73. The molecule has 0 saturated heterocycles. The van der Waals surface area contributed by atoms with E-state index >= 15 is 0 Å². The zero-order chi connectivity index (χ0) is 10.4. The number of pyridine rings is 1. The van der Waals surface area contributed by atoms with Crippen LogP contribution in [0.5, 0.6) is 0 Å². The number of aryl methyl sites for hydroxylation is 1. The van der Waals surface area contributed by atoms with Gasteiger partial charge < -0.3 is 10.4 Å². The number of nitrogens with one attached hydrogen (secondary N) is 1. The number of nitrogens with zero attached hydrogens (tertiary/aromatic N) is 1. The normalized spacial score (nSPS) is 12.8. The van der Waals surface area contributed by atoms with E-state index in [0.717, 1.165) is 24.2 Å². The standard InChI is InChI=1S/C11H18N2O/c1-3-11(14)8-12-6-10-5-4-9(2)13-7-10/h4-5,7,11-12,14H,3,6,8H2,1-2H3. The van der Waals surface area contributed by atoms with Gasteiger partial charge in [-0.3, -0.25) is 4.98 Å². The maximum atomic E-state index is 9.30. The highest BCUT2D eigenvalue weighted by Gasteiger charge is 1.99. The smallest absolute Gasteiger partial charge is 0.0662 e. The van der Waals surface area contributed by atoms with Crippen LogP contribution in [0.3, 0.4) is 0 Å². The highest BCUT2D eigenvalue weighted by molar-refractivity contribution is 5.12. The molecule has 2 N–H and O–H groups in total. The first kappa shape index (κ1) is 11.1.